The minimum atomic E-state index is -0.351. The zero-order valence-corrected chi connectivity index (χ0v) is 20.9. The van der Waals surface area contributed by atoms with Gasteiger partial charge in [-0.2, -0.15) is 0 Å². The van der Waals surface area contributed by atoms with Crippen LogP contribution in [0.5, 0.6) is 0 Å². The molecule has 5 nitrogen and oxygen atoms in total. The normalized spacial score (nSPS) is 22.3. The van der Waals surface area contributed by atoms with Crippen LogP contribution in [-0.2, 0) is 20.7 Å². The van der Waals surface area contributed by atoms with Crippen molar-refractivity contribution in [1.82, 2.24) is 4.90 Å². The summed E-state index contributed by atoms with van der Waals surface area (Å²) in [5.41, 5.74) is 5.70. The zero-order chi connectivity index (χ0) is 25.5. The molecule has 3 aromatic rings. The number of hydrogen-bond acceptors (Lipinski definition) is 4. The summed E-state index contributed by atoms with van der Waals surface area (Å²) in [6, 6.07) is 21.3. The van der Waals surface area contributed by atoms with Crippen LogP contribution in [0.15, 0.2) is 66.7 Å². The molecule has 0 radical (unpaired) electrons. The number of fused-ring (bicyclic) bond motifs is 5. The van der Waals surface area contributed by atoms with E-state index < -0.39 is 0 Å². The van der Waals surface area contributed by atoms with Crippen molar-refractivity contribution < 1.29 is 23.5 Å². The Balaban J connectivity index is 1.14. The third-order valence-corrected chi connectivity index (χ3v) is 8.16. The number of amides is 1. The van der Waals surface area contributed by atoms with Gasteiger partial charge in [0, 0.05) is 18.3 Å². The van der Waals surface area contributed by atoms with E-state index in [-0.39, 0.29) is 54.6 Å². The van der Waals surface area contributed by atoms with Crippen LogP contribution in [0, 0.1) is 18.7 Å². The predicted octanol–water partition coefficient (Wildman–Crippen LogP) is 5.67. The lowest BCUT2D eigenvalue weighted by Gasteiger charge is -2.47. The average Bonchev–Trinajstić information content (AvgIpc) is 3.23. The van der Waals surface area contributed by atoms with Crippen molar-refractivity contribution in [3.63, 3.8) is 0 Å². The molecule has 2 fully saturated rings. The molecule has 2 heterocycles. The summed E-state index contributed by atoms with van der Waals surface area (Å²) in [4.78, 5) is 28.3. The molecular formula is C31H30FNO4. The highest BCUT2D eigenvalue weighted by Gasteiger charge is 2.44. The third-order valence-electron chi connectivity index (χ3n) is 8.16. The number of carbonyl (C=O) groups excluding carboxylic acids is 2. The lowest BCUT2D eigenvalue weighted by atomic mass is 9.81. The van der Waals surface area contributed by atoms with Crippen molar-refractivity contribution in [2.45, 2.75) is 44.2 Å². The topological polar surface area (TPSA) is 55.8 Å². The number of halogens is 1. The van der Waals surface area contributed by atoms with E-state index in [4.69, 9.17) is 9.47 Å². The van der Waals surface area contributed by atoms with Gasteiger partial charge in [0.1, 0.15) is 18.2 Å². The van der Waals surface area contributed by atoms with Crippen LogP contribution in [0.2, 0.25) is 0 Å². The molecule has 2 saturated heterocycles. The largest absolute Gasteiger partial charge is 0.448 e. The second-order valence-corrected chi connectivity index (χ2v) is 10.4. The Morgan fingerprint density at radius 3 is 2.19 bits per heavy atom. The molecule has 0 N–H and O–H groups in total. The molecule has 37 heavy (non-hydrogen) atoms. The second kappa shape index (κ2) is 9.75. The summed E-state index contributed by atoms with van der Waals surface area (Å²) in [6.45, 7) is 2.73. The Bertz CT molecular complexity index is 1300. The quantitative estimate of drug-likeness (QED) is 0.454. The van der Waals surface area contributed by atoms with Crippen LogP contribution in [-0.4, -0.2) is 48.7 Å². The molecule has 2 bridgehead atoms. The number of aryl methyl sites for hydroxylation is 1. The first-order valence-electron chi connectivity index (χ1n) is 13.0. The van der Waals surface area contributed by atoms with E-state index in [9.17, 15) is 14.0 Å². The molecule has 0 saturated carbocycles. The van der Waals surface area contributed by atoms with E-state index in [2.05, 4.69) is 24.3 Å². The van der Waals surface area contributed by atoms with Crippen molar-refractivity contribution in [2.24, 2.45) is 5.92 Å². The number of ketones is 1. The Morgan fingerprint density at radius 2 is 1.54 bits per heavy atom. The SMILES string of the molecule is Cc1cccc(CC(=O)C2CC3COCC(C2)N3C(=O)OCC2c3ccccc3-c3ccccc32)c1F. The molecule has 6 rings (SSSR count). The molecule has 3 aliphatic rings. The van der Waals surface area contributed by atoms with Gasteiger partial charge in [0.25, 0.3) is 0 Å². The standard InChI is InChI=1S/C31H30FNO4/c1-19-7-6-8-20(30(19)32)15-29(34)21-13-22-16-36-17-23(14-21)33(22)31(35)37-18-28-26-11-4-2-9-24(26)25-10-3-5-12-27(25)28/h2-12,21-23,28H,13-18H2,1H3. The van der Waals surface area contributed by atoms with E-state index in [1.54, 1.807) is 30.0 Å². The highest BCUT2D eigenvalue weighted by molar-refractivity contribution is 5.84. The van der Waals surface area contributed by atoms with Gasteiger partial charge in [0.2, 0.25) is 0 Å². The Kier molecular flexibility index (Phi) is 6.29. The fourth-order valence-electron chi connectivity index (χ4n) is 6.32. The fourth-order valence-corrected chi connectivity index (χ4v) is 6.32. The summed E-state index contributed by atoms with van der Waals surface area (Å²) in [7, 11) is 0. The van der Waals surface area contributed by atoms with Crippen LogP contribution < -0.4 is 0 Å². The van der Waals surface area contributed by atoms with E-state index >= 15 is 0 Å². The molecule has 1 amide bonds. The van der Waals surface area contributed by atoms with Crippen LogP contribution in [0.3, 0.4) is 0 Å². The number of carbonyl (C=O) groups is 2. The highest BCUT2D eigenvalue weighted by atomic mass is 19.1. The minimum Gasteiger partial charge on any atom is -0.448 e. The molecular weight excluding hydrogens is 469 g/mol. The monoisotopic (exact) mass is 499 g/mol. The number of benzene rings is 3. The maximum Gasteiger partial charge on any atom is 0.410 e. The van der Waals surface area contributed by atoms with Crippen molar-refractivity contribution in [1.29, 1.82) is 0 Å². The first-order chi connectivity index (χ1) is 18.0. The summed E-state index contributed by atoms with van der Waals surface area (Å²) in [6.07, 6.45) is 0.736. The predicted molar refractivity (Wildman–Crippen MR) is 138 cm³/mol. The molecule has 2 unspecified atom stereocenters. The number of ether oxygens (including phenoxy) is 2. The fraction of sp³-hybridized carbons (Fsp3) is 0.355. The van der Waals surface area contributed by atoms with E-state index in [1.165, 1.54) is 22.3 Å². The van der Waals surface area contributed by atoms with E-state index in [0.29, 0.717) is 37.2 Å². The minimum absolute atomic E-state index is 0.00390. The number of hydrogen-bond donors (Lipinski definition) is 0. The summed E-state index contributed by atoms with van der Waals surface area (Å²) in [5.74, 6) is -0.517. The molecule has 3 aromatic carbocycles. The van der Waals surface area contributed by atoms with Gasteiger partial charge in [0.15, 0.2) is 0 Å². The number of rotatable bonds is 5. The number of nitrogens with zero attached hydrogens (tertiary/aromatic N) is 1. The van der Waals surface area contributed by atoms with Gasteiger partial charge in [-0.3, -0.25) is 9.69 Å². The van der Waals surface area contributed by atoms with Crippen molar-refractivity contribution >= 4 is 11.9 Å². The van der Waals surface area contributed by atoms with Gasteiger partial charge < -0.3 is 9.47 Å². The first-order valence-corrected chi connectivity index (χ1v) is 13.0. The molecule has 1 aliphatic carbocycles. The lowest BCUT2D eigenvalue weighted by molar-refractivity contribution is -0.130. The van der Waals surface area contributed by atoms with Crippen LogP contribution >= 0.6 is 0 Å². The Morgan fingerprint density at radius 1 is 0.919 bits per heavy atom. The number of morpholine rings is 1. The summed E-state index contributed by atoms with van der Waals surface area (Å²) >= 11 is 0. The molecule has 190 valence electrons. The highest BCUT2D eigenvalue weighted by Crippen LogP contribution is 2.44. The van der Waals surface area contributed by atoms with Crippen molar-refractivity contribution in [2.75, 3.05) is 19.8 Å². The average molecular weight is 500 g/mol. The van der Waals surface area contributed by atoms with Gasteiger partial charge in [-0.1, -0.05) is 66.7 Å². The van der Waals surface area contributed by atoms with E-state index in [1.807, 2.05) is 24.3 Å². The van der Waals surface area contributed by atoms with Crippen LogP contribution in [0.4, 0.5) is 9.18 Å². The van der Waals surface area contributed by atoms with E-state index in [0.717, 1.165) is 0 Å². The smallest absolute Gasteiger partial charge is 0.410 e. The Labute approximate surface area is 216 Å². The zero-order valence-electron chi connectivity index (χ0n) is 20.9. The van der Waals surface area contributed by atoms with Gasteiger partial charge >= 0.3 is 6.09 Å². The molecule has 2 aliphatic heterocycles. The van der Waals surface area contributed by atoms with Crippen molar-refractivity contribution in [3.05, 3.63) is 94.8 Å². The van der Waals surface area contributed by atoms with Crippen molar-refractivity contribution in [3.8, 4) is 11.1 Å². The number of Topliss-reactive ketones (excluding diaryl/α,β-unsaturated/α-hetero) is 1. The van der Waals surface area contributed by atoms with Gasteiger partial charge in [-0.05, 0) is 53.1 Å². The maximum atomic E-state index is 14.5. The van der Waals surface area contributed by atoms with Crippen LogP contribution in [0.25, 0.3) is 11.1 Å². The second-order valence-electron chi connectivity index (χ2n) is 10.4. The molecule has 6 heteroatoms. The molecule has 0 aromatic heterocycles. The molecule has 0 spiro atoms. The summed E-state index contributed by atoms with van der Waals surface area (Å²) < 4.78 is 26.2. The van der Waals surface area contributed by atoms with Gasteiger partial charge in [-0.15, -0.1) is 0 Å². The number of piperidine rings is 1. The van der Waals surface area contributed by atoms with Crippen LogP contribution in [0.1, 0.15) is 41.0 Å². The maximum absolute atomic E-state index is 14.5. The molecule has 2 atom stereocenters. The first kappa shape index (κ1) is 23.9. The summed E-state index contributed by atoms with van der Waals surface area (Å²) in [5, 5.41) is 0. The van der Waals surface area contributed by atoms with Gasteiger partial charge in [0.05, 0.1) is 25.3 Å². The lowest BCUT2D eigenvalue weighted by Crippen LogP contribution is -2.60. The third kappa shape index (κ3) is 4.33. The van der Waals surface area contributed by atoms with Gasteiger partial charge in [-0.25, -0.2) is 9.18 Å². The Hall–Kier alpha value is -3.51.